The van der Waals surface area contributed by atoms with Crippen LogP contribution in [0.25, 0.3) is 0 Å². The second-order valence-corrected chi connectivity index (χ2v) is 5.39. The monoisotopic (exact) mass is 370 g/mol. The molecule has 2 rings (SSSR count). The molecule has 0 aliphatic rings. The maximum Gasteiger partial charge on any atom is 0.338 e. The Labute approximate surface area is 134 Å². The maximum atomic E-state index is 12.0. The van der Waals surface area contributed by atoms with Gasteiger partial charge in [-0.25, -0.2) is 4.79 Å². The summed E-state index contributed by atoms with van der Waals surface area (Å²) in [4.78, 5) is 26.3. The predicted octanol–water partition coefficient (Wildman–Crippen LogP) is 3.86. The number of rotatable bonds is 4. The van der Waals surface area contributed by atoms with Crippen molar-refractivity contribution in [2.24, 2.45) is 0 Å². The van der Waals surface area contributed by atoms with Crippen LogP contribution in [-0.4, -0.2) is 23.5 Å². The standard InChI is InChI=1S/C14H12BrClN2O3/c1-2-21-14(20)8-3-4-11(10(15)5-8)18-13(19)12-6-9(16)7-17-12/h3-7,17H,2H2,1H3,(H,18,19). The first-order chi connectivity index (χ1) is 10.0. The summed E-state index contributed by atoms with van der Waals surface area (Å²) in [6.07, 6.45) is 1.52. The summed E-state index contributed by atoms with van der Waals surface area (Å²) < 4.78 is 5.49. The van der Waals surface area contributed by atoms with Crippen molar-refractivity contribution in [2.45, 2.75) is 6.92 Å². The largest absolute Gasteiger partial charge is 0.462 e. The van der Waals surface area contributed by atoms with E-state index in [9.17, 15) is 9.59 Å². The average Bonchev–Trinajstić information content (AvgIpc) is 2.88. The van der Waals surface area contributed by atoms with Crippen molar-refractivity contribution in [2.75, 3.05) is 11.9 Å². The number of carbonyl (C=O) groups excluding carboxylic acids is 2. The predicted molar refractivity (Wildman–Crippen MR) is 83.9 cm³/mol. The number of carbonyl (C=O) groups is 2. The molecule has 0 atom stereocenters. The summed E-state index contributed by atoms with van der Waals surface area (Å²) in [5, 5.41) is 3.17. The number of amides is 1. The van der Waals surface area contributed by atoms with Crippen LogP contribution in [0.1, 0.15) is 27.8 Å². The van der Waals surface area contributed by atoms with Crippen LogP contribution in [0.5, 0.6) is 0 Å². The minimum atomic E-state index is -0.410. The fourth-order valence-corrected chi connectivity index (χ4v) is 2.29. The minimum absolute atomic E-state index is 0.308. The highest BCUT2D eigenvalue weighted by Gasteiger charge is 2.13. The molecule has 1 aromatic carbocycles. The van der Waals surface area contributed by atoms with Crippen LogP contribution in [0.3, 0.4) is 0 Å². The lowest BCUT2D eigenvalue weighted by molar-refractivity contribution is 0.0526. The van der Waals surface area contributed by atoms with Gasteiger partial charge in [-0.1, -0.05) is 11.6 Å². The number of esters is 1. The number of benzene rings is 1. The number of ether oxygens (including phenoxy) is 1. The molecule has 0 fully saturated rings. The van der Waals surface area contributed by atoms with Crippen LogP contribution in [0.15, 0.2) is 34.9 Å². The maximum absolute atomic E-state index is 12.0. The quantitative estimate of drug-likeness (QED) is 0.802. The summed E-state index contributed by atoms with van der Waals surface area (Å²) in [6.45, 7) is 2.05. The van der Waals surface area contributed by atoms with Gasteiger partial charge in [0.1, 0.15) is 5.69 Å². The highest BCUT2D eigenvalue weighted by molar-refractivity contribution is 9.10. The summed E-state index contributed by atoms with van der Waals surface area (Å²) in [5.41, 5.74) is 1.30. The first-order valence-electron chi connectivity index (χ1n) is 6.13. The van der Waals surface area contributed by atoms with Crippen LogP contribution in [0, 0.1) is 0 Å². The summed E-state index contributed by atoms with van der Waals surface area (Å²) >= 11 is 9.07. The average molecular weight is 372 g/mol. The van der Waals surface area contributed by atoms with Crippen LogP contribution < -0.4 is 5.32 Å². The van der Waals surface area contributed by atoms with Crippen LogP contribution in [-0.2, 0) is 4.74 Å². The zero-order valence-corrected chi connectivity index (χ0v) is 13.4. The molecule has 0 saturated carbocycles. The van der Waals surface area contributed by atoms with Gasteiger partial charge in [0.2, 0.25) is 0 Å². The van der Waals surface area contributed by atoms with Crippen molar-refractivity contribution in [3.8, 4) is 0 Å². The van der Waals surface area contributed by atoms with E-state index in [1.165, 1.54) is 12.3 Å². The number of aromatic amines is 1. The number of anilines is 1. The third-order valence-electron chi connectivity index (χ3n) is 2.62. The van der Waals surface area contributed by atoms with Crippen molar-refractivity contribution in [3.05, 3.63) is 51.2 Å². The molecule has 1 aromatic heterocycles. The minimum Gasteiger partial charge on any atom is -0.462 e. The van der Waals surface area contributed by atoms with E-state index in [2.05, 4.69) is 26.2 Å². The van der Waals surface area contributed by atoms with Crippen LogP contribution in [0.2, 0.25) is 5.02 Å². The van der Waals surface area contributed by atoms with Crippen molar-refractivity contribution >= 4 is 45.1 Å². The Kier molecular flexibility index (Phi) is 5.03. The van der Waals surface area contributed by atoms with Gasteiger partial charge in [-0.2, -0.15) is 0 Å². The van der Waals surface area contributed by atoms with E-state index in [-0.39, 0.29) is 5.91 Å². The van der Waals surface area contributed by atoms with Crippen molar-refractivity contribution in [1.82, 2.24) is 4.98 Å². The van der Waals surface area contributed by atoms with Gasteiger partial charge in [-0.05, 0) is 47.1 Å². The highest BCUT2D eigenvalue weighted by Crippen LogP contribution is 2.25. The number of nitrogens with one attached hydrogen (secondary N) is 2. The number of halogens is 2. The number of hydrogen-bond donors (Lipinski definition) is 2. The molecule has 5 nitrogen and oxygen atoms in total. The molecule has 21 heavy (non-hydrogen) atoms. The van der Waals surface area contributed by atoms with Crippen LogP contribution >= 0.6 is 27.5 Å². The normalized spacial score (nSPS) is 10.2. The van der Waals surface area contributed by atoms with Crippen LogP contribution in [0.4, 0.5) is 5.69 Å². The highest BCUT2D eigenvalue weighted by atomic mass is 79.9. The third-order valence-corrected chi connectivity index (χ3v) is 3.50. The van der Waals surface area contributed by atoms with E-state index >= 15 is 0 Å². The van der Waals surface area contributed by atoms with Gasteiger partial charge in [0.15, 0.2) is 0 Å². The van der Waals surface area contributed by atoms with E-state index in [0.29, 0.717) is 33.0 Å². The Bertz CT molecular complexity index is 685. The van der Waals surface area contributed by atoms with Gasteiger partial charge in [0.25, 0.3) is 5.91 Å². The Balaban J connectivity index is 2.14. The summed E-state index contributed by atoms with van der Waals surface area (Å²) in [5.74, 6) is -0.737. The van der Waals surface area contributed by atoms with Crippen molar-refractivity contribution < 1.29 is 14.3 Å². The number of H-pyrrole nitrogens is 1. The topological polar surface area (TPSA) is 71.2 Å². The molecule has 2 N–H and O–H groups in total. The Morgan fingerprint density at radius 3 is 2.71 bits per heavy atom. The lowest BCUT2D eigenvalue weighted by atomic mass is 10.2. The molecule has 1 amide bonds. The van der Waals surface area contributed by atoms with Gasteiger partial charge >= 0.3 is 5.97 Å². The van der Waals surface area contributed by atoms with Gasteiger partial charge in [0.05, 0.1) is 22.9 Å². The molecule has 0 radical (unpaired) electrons. The van der Waals surface area contributed by atoms with Gasteiger partial charge in [-0.3, -0.25) is 4.79 Å². The Morgan fingerprint density at radius 1 is 1.38 bits per heavy atom. The summed E-state index contributed by atoms with van der Waals surface area (Å²) in [6, 6.07) is 6.33. The Morgan fingerprint density at radius 2 is 2.14 bits per heavy atom. The first-order valence-corrected chi connectivity index (χ1v) is 7.30. The molecule has 0 aliphatic heterocycles. The summed E-state index contributed by atoms with van der Waals surface area (Å²) in [7, 11) is 0. The fourth-order valence-electron chi connectivity index (χ4n) is 1.65. The van der Waals surface area contributed by atoms with Crippen molar-refractivity contribution in [3.63, 3.8) is 0 Å². The molecule has 0 spiro atoms. The fraction of sp³-hybridized carbons (Fsp3) is 0.143. The van der Waals surface area contributed by atoms with Gasteiger partial charge in [0, 0.05) is 10.7 Å². The van der Waals surface area contributed by atoms with E-state index in [1.54, 1.807) is 25.1 Å². The second-order valence-electron chi connectivity index (χ2n) is 4.10. The van der Waals surface area contributed by atoms with Gasteiger partial charge in [-0.15, -0.1) is 0 Å². The molecule has 0 unspecified atom stereocenters. The molecule has 1 heterocycles. The smallest absolute Gasteiger partial charge is 0.338 e. The van der Waals surface area contributed by atoms with E-state index in [1.807, 2.05) is 0 Å². The number of hydrogen-bond acceptors (Lipinski definition) is 3. The van der Waals surface area contributed by atoms with E-state index < -0.39 is 5.97 Å². The molecular formula is C14H12BrClN2O3. The van der Waals surface area contributed by atoms with Crippen molar-refractivity contribution in [1.29, 1.82) is 0 Å². The second kappa shape index (κ2) is 6.78. The molecular weight excluding hydrogens is 360 g/mol. The SMILES string of the molecule is CCOC(=O)c1ccc(NC(=O)c2cc(Cl)c[nH]2)c(Br)c1. The van der Waals surface area contributed by atoms with Gasteiger partial charge < -0.3 is 15.0 Å². The zero-order valence-electron chi connectivity index (χ0n) is 11.1. The van der Waals surface area contributed by atoms with E-state index in [0.717, 1.165) is 0 Å². The molecule has 110 valence electrons. The lowest BCUT2D eigenvalue weighted by Crippen LogP contribution is -2.13. The first kappa shape index (κ1) is 15.6. The molecule has 7 heteroatoms. The van der Waals surface area contributed by atoms with E-state index in [4.69, 9.17) is 16.3 Å². The number of aromatic nitrogens is 1. The Hall–Kier alpha value is -1.79. The molecule has 0 aliphatic carbocycles. The molecule has 0 bridgehead atoms. The zero-order chi connectivity index (χ0) is 15.4. The lowest BCUT2D eigenvalue weighted by Gasteiger charge is -2.08. The third kappa shape index (κ3) is 3.86. The molecule has 2 aromatic rings. The molecule has 0 saturated heterocycles.